The van der Waals surface area contributed by atoms with Crippen molar-refractivity contribution in [2.24, 2.45) is 0 Å². The predicted molar refractivity (Wildman–Crippen MR) is 56.8 cm³/mol. The quantitative estimate of drug-likeness (QED) is 0.723. The van der Waals surface area contributed by atoms with Crippen molar-refractivity contribution in [3.05, 3.63) is 17.0 Å². The summed E-state index contributed by atoms with van der Waals surface area (Å²) in [6.07, 6.45) is 0. The Labute approximate surface area is 88.8 Å². The number of aromatic amines is 1. The Morgan fingerprint density at radius 2 is 2.13 bits per heavy atom. The van der Waals surface area contributed by atoms with Crippen molar-refractivity contribution in [1.82, 2.24) is 20.4 Å². The number of likely N-dealkylation sites (N-methyl/N-ethyl adjacent to an activating group) is 1. The van der Waals surface area contributed by atoms with Gasteiger partial charge < -0.3 is 10.2 Å². The molecule has 0 unspecified atom stereocenters. The van der Waals surface area contributed by atoms with Crippen LogP contribution in [0.25, 0.3) is 0 Å². The Morgan fingerprint density at radius 3 is 2.53 bits per heavy atom. The lowest BCUT2D eigenvalue weighted by Gasteiger charge is -2.35. The van der Waals surface area contributed by atoms with E-state index in [1.807, 2.05) is 20.9 Å². The molecule has 1 aliphatic heterocycles. The fourth-order valence-electron chi connectivity index (χ4n) is 1.76. The predicted octanol–water partition coefficient (Wildman–Crippen LogP) is 0.0703. The van der Waals surface area contributed by atoms with E-state index in [0.29, 0.717) is 11.6 Å². The van der Waals surface area contributed by atoms with Crippen LogP contribution in [0.4, 0.5) is 0 Å². The second kappa shape index (κ2) is 3.66. The number of hydrogen-bond acceptors (Lipinski definition) is 3. The van der Waals surface area contributed by atoms with Crippen molar-refractivity contribution >= 4 is 5.91 Å². The van der Waals surface area contributed by atoms with Gasteiger partial charge >= 0.3 is 0 Å². The molecule has 1 aromatic rings. The molecule has 0 atom stereocenters. The van der Waals surface area contributed by atoms with Gasteiger partial charge in [-0.3, -0.25) is 9.89 Å². The number of hydrogen-bond donors (Lipinski definition) is 2. The minimum absolute atomic E-state index is 0.0604. The van der Waals surface area contributed by atoms with Gasteiger partial charge in [0.2, 0.25) is 0 Å². The van der Waals surface area contributed by atoms with Gasteiger partial charge in [0.25, 0.3) is 5.91 Å². The Bertz CT molecular complexity index is 361. The molecule has 1 aromatic heterocycles. The molecule has 2 heterocycles. The van der Waals surface area contributed by atoms with Crippen molar-refractivity contribution in [1.29, 1.82) is 0 Å². The van der Waals surface area contributed by atoms with Gasteiger partial charge in [-0.25, -0.2) is 0 Å². The maximum atomic E-state index is 12.1. The number of amides is 1. The molecule has 15 heavy (non-hydrogen) atoms. The van der Waals surface area contributed by atoms with Crippen LogP contribution in [0.3, 0.4) is 0 Å². The molecule has 1 fully saturated rings. The second-order valence-corrected chi connectivity index (χ2v) is 4.04. The van der Waals surface area contributed by atoms with Crippen LogP contribution in [0, 0.1) is 13.8 Å². The first-order valence-corrected chi connectivity index (χ1v) is 5.10. The van der Waals surface area contributed by atoms with E-state index in [2.05, 4.69) is 15.5 Å². The Morgan fingerprint density at radius 1 is 1.47 bits per heavy atom. The molecule has 5 heteroatoms. The molecule has 1 amide bonds. The van der Waals surface area contributed by atoms with Crippen LogP contribution in [0.2, 0.25) is 0 Å². The summed E-state index contributed by atoms with van der Waals surface area (Å²) in [7, 11) is 1.85. The van der Waals surface area contributed by atoms with Crippen LogP contribution in [-0.4, -0.2) is 47.2 Å². The monoisotopic (exact) mass is 208 g/mol. The number of nitrogens with zero attached hydrogens (tertiary/aromatic N) is 2. The van der Waals surface area contributed by atoms with E-state index in [1.165, 1.54) is 0 Å². The van der Waals surface area contributed by atoms with E-state index in [-0.39, 0.29) is 5.91 Å². The summed E-state index contributed by atoms with van der Waals surface area (Å²) in [6, 6.07) is 0.325. The van der Waals surface area contributed by atoms with Crippen LogP contribution in [0.15, 0.2) is 0 Å². The molecule has 0 saturated carbocycles. The largest absolute Gasteiger partial charge is 0.336 e. The molecular formula is C10H16N4O. The Kier molecular flexibility index (Phi) is 2.48. The average molecular weight is 208 g/mol. The maximum Gasteiger partial charge on any atom is 0.257 e. The maximum absolute atomic E-state index is 12.1. The van der Waals surface area contributed by atoms with Crippen LogP contribution in [0.5, 0.6) is 0 Å². The van der Waals surface area contributed by atoms with Crippen LogP contribution in [-0.2, 0) is 0 Å². The van der Waals surface area contributed by atoms with E-state index < -0.39 is 0 Å². The summed E-state index contributed by atoms with van der Waals surface area (Å²) in [4.78, 5) is 13.9. The number of nitrogens with one attached hydrogen (secondary N) is 2. The highest BCUT2D eigenvalue weighted by Gasteiger charge is 2.28. The molecule has 0 radical (unpaired) electrons. The Balaban J connectivity index is 2.19. The molecule has 0 aromatic carbocycles. The first kappa shape index (κ1) is 10.2. The second-order valence-electron chi connectivity index (χ2n) is 4.04. The van der Waals surface area contributed by atoms with Gasteiger partial charge in [0.1, 0.15) is 0 Å². The van der Waals surface area contributed by atoms with Gasteiger partial charge in [0.15, 0.2) is 0 Å². The summed E-state index contributed by atoms with van der Waals surface area (Å²) < 4.78 is 0. The van der Waals surface area contributed by atoms with Crippen LogP contribution in [0.1, 0.15) is 21.7 Å². The third-order valence-corrected chi connectivity index (χ3v) is 2.97. The van der Waals surface area contributed by atoms with Gasteiger partial charge in [0, 0.05) is 25.8 Å². The van der Waals surface area contributed by atoms with Gasteiger partial charge in [-0.1, -0.05) is 0 Å². The number of carbonyl (C=O) groups excluding carboxylic acids is 1. The summed E-state index contributed by atoms with van der Waals surface area (Å²) >= 11 is 0. The van der Waals surface area contributed by atoms with Crippen molar-refractivity contribution in [2.45, 2.75) is 19.9 Å². The molecule has 82 valence electrons. The zero-order chi connectivity index (χ0) is 11.0. The highest BCUT2D eigenvalue weighted by atomic mass is 16.2. The Hall–Kier alpha value is -1.36. The van der Waals surface area contributed by atoms with Crippen molar-refractivity contribution < 1.29 is 4.79 Å². The minimum atomic E-state index is 0.0604. The summed E-state index contributed by atoms with van der Waals surface area (Å²) in [5.74, 6) is 0.0604. The molecule has 2 rings (SSSR count). The third-order valence-electron chi connectivity index (χ3n) is 2.97. The van der Waals surface area contributed by atoms with Crippen LogP contribution < -0.4 is 5.32 Å². The van der Waals surface area contributed by atoms with Crippen LogP contribution >= 0.6 is 0 Å². The fraction of sp³-hybridized carbons (Fsp3) is 0.600. The van der Waals surface area contributed by atoms with Crippen molar-refractivity contribution in [2.75, 3.05) is 20.1 Å². The van der Waals surface area contributed by atoms with Gasteiger partial charge in [-0.15, -0.1) is 0 Å². The van der Waals surface area contributed by atoms with E-state index in [0.717, 1.165) is 24.5 Å². The lowest BCUT2D eigenvalue weighted by Crippen LogP contribution is -2.57. The van der Waals surface area contributed by atoms with E-state index in [1.54, 1.807) is 4.90 Å². The van der Waals surface area contributed by atoms with E-state index in [9.17, 15) is 4.79 Å². The van der Waals surface area contributed by atoms with Gasteiger partial charge in [-0.05, 0) is 13.8 Å². The third kappa shape index (κ3) is 1.63. The number of carbonyl (C=O) groups is 1. The van der Waals surface area contributed by atoms with Crippen molar-refractivity contribution in [3.8, 4) is 0 Å². The normalized spacial score (nSPS) is 16.2. The van der Waals surface area contributed by atoms with Gasteiger partial charge in [0.05, 0.1) is 17.3 Å². The topological polar surface area (TPSA) is 61.0 Å². The smallest absolute Gasteiger partial charge is 0.257 e. The minimum Gasteiger partial charge on any atom is -0.336 e. The molecule has 0 spiro atoms. The first-order chi connectivity index (χ1) is 7.11. The first-order valence-electron chi connectivity index (χ1n) is 5.10. The average Bonchev–Trinajstić information content (AvgIpc) is 2.42. The number of aryl methyl sites for hydroxylation is 2. The molecule has 1 aliphatic rings. The number of aromatic nitrogens is 2. The SMILES string of the molecule is Cc1n[nH]c(C)c1C(=O)N(C)C1CNC1. The highest BCUT2D eigenvalue weighted by molar-refractivity contribution is 5.96. The highest BCUT2D eigenvalue weighted by Crippen LogP contribution is 2.14. The van der Waals surface area contributed by atoms with Crippen molar-refractivity contribution in [3.63, 3.8) is 0 Å². The number of rotatable bonds is 2. The lowest BCUT2D eigenvalue weighted by atomic mass is 10.1. The summed E-state index contributed by atoms with van der Waals surface area (Å²) in [5.41, 5.74) is 2.33. The van der Waals surface area contributed by atoms with E-state index in [4.69, 9.17) is 0 Å². The zero-order valence-electron chi connectivity index (χ0n) is 9.29. The lowest BCUT2D eigenvalue weighted by molar-refractivity contribution is 0.0680. The number of H-pyrrole nitrogens is 1. The molecule has 2 N–H and O–H groups in total. The summed E-state index contributed by atoms with van der Waals surface area (Å²) in [6.45, 7) is 5.50. The molecule has 0 bridgehead atoms. The van der Waals surface area contributed by atoms with E-state index >= 15 is 0 Å². The standard InChI is InChI=1S/C10H16N4O/c1-6-9(7(2)13-12-6)10(15)14(3)8-4-11-5-8/h8,11H,4-5H2,1-3H3,(H,12,13). The van der Waals surface area contributed by atoms with Gasteiger partial charge in [-0.2, -0.15) is 5.10 Å². The zero-order valence-corrected chi connectivity index (χ0v) is 9.29. The molecule has 0 aliphatic carbocycles. The molecule has 1 saturated heterocycles. The molecular weight excluding hydrogens is 192 g/mol. The molecule has 5 nitrogen and oxygen atoms in total. The summed E-state index contributed by atoms with van der Waals surface area (Å²) in [5, 5.41) is 10.0. The fourth-order valence-corrected chi connectivity index (χ4v) is 1.76.